The van der Waals surface area contributed by atoms with E-state index in [0.717, 1.165) is 28.5 Å². The van der Waals surface area contributed by atoms with Gasteiger partial charge in [-0.2, -0.15) is 5.10 Å². The first kappa shape index (κ1) is 29.4. The van der Waals surface area contributed by atoms with Crippen LogP contribution in [0.5, 0.6) is 0 Å². The summed E-state index contributed by atoms with van der Waals surface area (Å²) in [6.07, 6.45) is 15.1. The van der Waals surface area contributed by atoms with Crippen molar-refractivity contribution in [2.24, 2.45) is 16.6 Å². The highest BCUT2D eigenvalue weighted by atomic mass is 15.1. The van der Waals surface area contributed by atoms with Crippen molar-refractivity contribution in [2.75, 3.05) is 12.4 Å². The molecule has 6 nitrogen and oxygen atoms in total. The van der Waals surface area contributed by atoms with Gasteiger partial charge in [0.1, 0.15) is 0 Å². The maximum Gasteiger partial charge on any atom is 0.0864 e. The molecule has 0 aliphatic heterocycles. The lowest BCUT2D eigenvalue weighted by Crippen LogP contribution is -2.36. The molecule has 1 atom stereocenters. The van der Waals surface area contributed by atoms with E-state index in [1.165, 1.54) is 49.4 Å². The van der Waals surface area contributed by atoms with E-state index in [-0.39, 0.29) is 12.1 Å². The van der Waals surface area contributed by atoms with Crippen molar-refractivity contribution in [3.8, 4) is 11.1 Å². The molecule has 198 valence electrons. The standard InChI is InChI=1S/C19H29N3.C12H15N3/c1-5-17(6-2)22-19(13-14-20)15(4)21-18(7-3)16-11-9-8-10-12-16;1-8-12(9(2)15-14-8)10-4-6-11(13-3)7-5-10/h5-7,13-14,16-18,21H,1-4,8-12,20H2;4-7,13H,1-3H3,(H,14,15)/b14-13-,22-19?;. The molecule has 5 N–H and O–H groups in total. The molecule has 1 aliphatic rings. The van der Waals surface area contributed by atoms with Gasteiger partial charge in [0.2, 0.25) is 0 Å². The number of nitrogens with two attached hydrogens (primary N) is 1. The van der Waals surface area contributed by atoms with Gasteiger partial charge >= 0.3 is 0 Å². The lowest BCUT2D eigenvalue weighted by atomic mass is 9.84. The Bertz CT molecular complexity index is 1060. The zero-order valence-electron chi connectivity index (χ0n) is 22.8. The Morgan fingerprint density at radius 1 is 1.08 bits per heavy atom. The molecule has 1 fully saturated rings. The molecule has 0 amide bonds. The number of anilines is 1. The van der Waals surface area contributed by atoms with Crippen molar-refractivity contribution in [1.82, 2.24) is 15.5 Å². The Labute approximate surface area is 223 Å². The summed E-state index contributed by atoms with van der Waals surface area (Å²) < 4.78 is 0. The number of benzene rings is 1. The summed E-state index contributed by atoms with van der Waals surface area (Å²) in [5.41, 5.74) is 12.7. The fourth-order valence-electron chi connectivity index (χ4n) is 4.59. The second-order valence-electron chi connectivity index (χ2n) is 9.25. The molecule has 1 heterocycles. The number of aromatic amines is 1. The Kier molecular flexibility index (Phi) is 12.2. The lowest BCUT2D eigenvalue weighted by Gasteiger charge is -2.30. The molecule has 1 aliphatic carbocycles. The van der Waals surface area contributed by atoms with Crippen LogP contribution in [-0.4, -0.2) is 35.0 Å². The molecule has 3 rings (SSSR count). The fourth-order valence-corrected chi connectivity index (χ4v) is 4.59. The molecule has 0 bridgehead atoms. The summed E-state index contributed by atoms with van der Waals surface area (Å²) in [4.78, 5) is 4.55. The van der Waals surface area contributed by atoms with Crippen LogP contribution in [0, 0.1) is 19.8 Å². The molecule has 1 aromatic carbocycles. The minimum Gasteiger partial charge on any atom is -0.405 e. The van der Waals surface area contributed by atoms with Gasteiger partial charge in [-0.05, 0) is 62.6 Å². The van der Waals surface area contributed by atoms with Gasteiger partial charge in [-0.3, -0.25) is 10.1 Å². The number of aliphatic imine (C=N–C) groups is 1. The van der Waals surface area contributed by atoms with Gasteiger partial charge in [-0.15, -0.1) is 19.7 Å². The highest BCUT2D eigenvalue weighted by molar-refractivity contribution is 6.07. The SMILES string of the molecule is C=CC(C=C)N=C(/C=C\N)C(=C)NC(C=C)C1CCCCC1.CNc1ccc(-c2c(C)n[nH]c2C)cc1. The second-order valence-corrected chi connectivity index (χ2v) is 9.25. The molecule has 1 saturated carbocycles. The highest BCUT2D eigenvalue weighted by Gasteiger charge is 2.22. The third kappa shape index (κ3) is 8.67. The minimum absolute atomic E-state index is 0.151. The van der Waals surface area contributed by atoms with Crippen LogP contribution in [-0.2, 0) is 0 Å². The monoisotopic (exact) mass is 500 g/mol. The van der Waals surface area contributed by atoms with Crippen molar-refractivity contribution in [2.45, 2.75) is 58.0 Å². The van der Waals surface area contributed by atoms with E-state index in [2.05, 4.69) is 76.4 Å². The zero-order chi connectivity index (χ0) is 27.2. The molecule has 1 aromatic heterocycles. The number of nitrogens with one attached hydrogen (secondary N) is 3. The first-order valence-electron chi connectivity index (χ1n) is 13.0. The molecule has 2 aromatic rings. The van der Waals surface area contributed by atoms with E-state index in [1.54, 1.807) is 18.2 Å². The van der Waals surface area contributed by atoms with Gasteiger partial charge in [0.15, 0.2) is 0 Å². The van der Waals surface area contributed by atoms with Crippen LogP contribution in [0.1, 0.15) is 43.5 Å². The summed E-state index contributed by atoms with van der Waals surface area (Å²) in [5.74, 6) is 0.612. The third-order valence-corrected chi connectivity index (χ3v) is 6.68. The fraction of sp³-hybridized carbons (Fsp3) is 0.355. The van der Waals surface area contributed by atoms with E-state index in [1.807, 2.05) is 27.0 Å². The summed E-state index contributed by atoms with van der Waals surface area (Å²) in [7, 11) is 1.92. The minimum atomic E-state index is -0.151. The van der Waals surface area contributed by atoms with E-state index >= 15 is 0 Å². The van der Waals surface area contributed by atoms with Crippen molar-refractivity contribution in [3.05, 3.63) is 98.2 Å². The molecule has 0 saturated heterocycles. The zero-order valence-corrected chi connectivity index (χ0v) is 22.8. The van der Waals surface area contributed by atoms with Crippen LogP contribution >= 0.6 is 0 Å². The van der Waals surface area contributed by atoms with E-state index in [9.17, 15) is 0 Å². The van der Waals surface area contributed by atoms with Gasteiger partial charge in [0.25, 0.3) is 0 Å². The Hall–Kier alpha value is -3.80. The normalized spacial score (nSPS) is 15.0. The Morgan fingerprint density at radius 3 is 2.22 bits per heavy atom. The molecule has 0 spiro atoms. The number of rotatable bonds is 11. The van der Waals surface area contributed by atoms with Crippen molar-refractivity contribution in [3.63, 3.8) is 0 Å². The number of hydrogen-bond acceptors (Lipinski definition) is 5. The number of hydrogen-bond donors (Lipinski definition) is 4. The van der Waals surface area contributed by atoms with Crippen LogP contribution in [0.25, 0.3) is 11.1 Å². The largest absolute Gasteiger partial charge is 0.405 e. The molecule has 6 heteroatoms. The first-order chi connectivity index (χ1) is 17.9. The molecular weight excluding hydrogens is 456 g/mol. The van der Waals surface area contributed by atoms with Crippen LogP contribution < -0.4 is 16.4 Å². The quantitative estimate of drug-likeness (QED) is 0.206. The lowest BCUT2D eigenvalue weighted by molar-refractivity contribution is 0.313. The van der Waals surface area contributed by atoms with Gasteiger partial charge in [0.05, 0.1) is 23.1 Å². The maximum atomic E-state index is 5.53. The van der Waals surface area contributed by atoms with Crippen LogP contribution in [0.2, 0.25) is 0 Å². The summed E-state index contributed by atoms with van der Waals surface area (Å²) in [6.45, 7) is 19.7. The smallest absolute Gasteiger partial charge is 0.0864 e. The Balaban J connectivity index is 0.000000278. The molecule has 0 radical (unpaired) electrons. The average molecular weight is 501 g/mol. The van der Waals surface area contributed by atoms with Crippen molar-refractivity contribution >= 4 is 11.4 Å². The summed E-state index contributed by atoms with van der Waals surface area (Å²) in [5, 5.41) is 13.8. The van der Waals surface area contributed by atoms with Crippen LogP contribution in [0.4, 0.5) is 5.69 Å². The number of aryl methyl sites for hydroxylation is 2. The first-order valence-corrected chi connectivity index (χ1v) is 13.0. The summed E-state index contributed by atoms with van der Waals surface area (Å²) >= 11 is 0. The van der Waals surface area contributed by atoms with Crippen LogP contribution in [0.3, 0.4) is 0 Å². The van der Waals surface area contributed by atoms with Crippen molar-refractivity contribution in [1.29, 1.82) is 0 Å². The van der Waals surface area contributed by atoms with Gasteiger partial charge in [-0.1, -0.05) is 56.2 Å². The summed E-state index contributed by atoms with van der Waals surface area (Å²) in [6, 6.07) is 8.42. The number of H-pyrrole nitrogens is 1. The predicted molar refractivity (Wildman–Crippen MR) is 161 cm³/mol. The van der Waals surface area contributed by atoms with Gasteiger partial charge in [0, 0.05) is 30.0 Å². The maximum absolute atomic E-state index is 5.53. The second kappa shape index (κ2) is 15.3. The topological polar surface area (TPSA) is 91.1 Å². The van der Waals surface area contributed by atoms with E-state index in [0.29, 0.717) is 5.92 Å². The van der Waals surface area contributed by atoms with Crippen LogP contribution in [0.15, 0.2) is 91.8 Å². The average Bonchev–Trinajstić information content (AvgIpc) is 3.27. The molecule has 1 unspecified atom stereocenters. The van der Waals surface area contributed by atoms with Gasteiger partial charge in [-0.25, -0.2) is 0 Å². The number of aromatic nitrogens is 2. The van der Waals surface area contributed by atoms with Gasteiger partial charge < -0.3 is 16.4 Å². The number of allylic oxidation sites excluding steroid dienone is 1. The molecule has 37 heavy (non-hydrogen) atoms. The third-order valence-electron chi connectivity index (χ3n) is 6.68. The van der Waals surface area contributed by atoms with Crippen molar-refractivity contribution < 1.29 is 0 Å². The Morgan fingerprint density at radius 2 is 1.73 bits per heavy atom. The molecular formula is C31H44N6. The number of nitrogens with zero attached hydrogens (tertiary/aromatic N) is 2. The predicted octanol–water partition coefficient (Wildman–Crippen LogP) is 6.61. The van der Waals surface area contributed by atoms with E-state index < -0.39 is 0 Å². The highest BCUT2D eigenvalue weighted by Crippen LogP contribution is 2.28. The van der Waals surface area contributed by atoms with E-state index in [4.69, 9.17) is 5.73 Å².